The number of alkyl carbamates (subject to hydrolysis) is 1. The summed E-state index contributed by atoms with van der Waals surface area (Å²) < 4.78 is 109. The van der Waals surface area contributed by atoms with Gasteiger partial charge in [0.15, 0.2) is 5.78 Å². The standard InChI is InChI=1S/C68H120N4O28/c1-9-22-81-24-26-83-28-30-92-46-47-94-50-51-96-56-61(74)71-59(17-13-14-20-70-64(77)97-55-57-15-11-10-12-16-57)60(73)54-58(18-19-62(75)80-8)63(76)69-21-23-82-25-27-84-29-31-85-32-33-86-34-35-87-36-37-88-38-39-89-40-41-90-42-43-91-44-45-93-48-49-95-52-53-98-72(65(78)99-67(2,3)4)66(79)100-68(5,6)7/h10-12,15-16,58-59H,9,13-14,17-56H2,1-8H3,(H,69,76)(H,70,77)(H,71,74)/t58-,59+/m1/s1. The number of unbranched alkanes of at least 4 members (excludes halogenated alkanes) is 1. The Labute approximate surface area is 591 Å². The highest BCUT2D eigenvalue weighted by atomic mass is 16.8. The second-order valence-corrected chi connectivity index (χ2v) is 23.7. The minimum atomic E-state index is -0.991. The fourth-order valence-electron chi connectivity index (χ4n) is 7.95. The number of nitrogens with one attached hydrogen (secondary N) is 3. The Kier molecular flexibility index (Phi) is 59.7. The summed E-state index contributed by atoms with van der Waals surface area (Å²) in [5.74, 6) is -2.88. The third kappa shape index (κ3) is 60.2. The van der Waals surface area contributed by atoms with Crippen molar-refractivity contribution >= 4 is 41.8 Å². The number of hydrogen-bond acceptors (Lipinski definition) is 28. The molecule has 0 aromatic heterocycles. The highest BCUT2D eigenvalue weighted by molar-refractivity contribution is 5.93. The fourth-order valence-corrected chi connectivity index (χ4v) is 7.95. The summed E-state index contributed by atoms with van der Waals surface area (Å²) in [7, 11) is 1.24. The molecular weight excluding hydrogens is 1320 g/mol. The molecule has 32 heteroatoms. The van der Waals surface area contributed by atoms with Crippen molar-refractivity contribution in [2.24, 2.45) is 5.92 Å². The number of amides is 5. The zero-order chi connectivity index (χ0) is 73.3. The van der Waals surface area contributed by atoms with Gasteiger partial charge >= 0.3 is 24.2 Å². The van der Waals surface area contributed by atoms with Crippen LogP contribution in [0.1, 0.15) is 99.0 Å². The minimum Gasteiger partial charge on any atom is -0.469 e. The highest BCUT2D eigenvalue weighted by Gasteiger charge is 2.33. The zero-order valence-corrected chi connectivity index (χ0v) is 60.8. The van der Waals surface area contributed by atoms with E-state index >= 15 is 0 Å². The lowest BCUT2D eigenvalue weighted by molar-refractivity contribution is -0.148. The van der Waals surface area contributed by atoms with Crippen molar-refractivity contribution < 1.29 is 133 Å². The molecule has 2 atom stereocenters. The Morgan fingerprint density at radius 1 is 0.440 bits per heavy atom. The van der Waals surface area contributed by atoms with Crippen molar-refractivity contribution in [3.63, 3.8) is 0 Å². The second kappa shape index (κ2) is 64.5. The van der Waals surface area contributed by atoms with E-state index in [2.05, 4.69) is 16.0 Å². The van der Waals surface area contributed by atoms with Gasteiger partial charge in [0.05, 0.1) is 218 Å². The van der Waals surface area contributed by atoms with Gasteiger partial charge in [-0.05, 0) is 79.2 Å². The van der Waals surface area contributed by atoms with Crippen LogP contribution in [-0.2, 0) is 125 Å². The maximum atomic E-state index is 13.9. The lowest BCUT2D eigenvalue weighted by atomic mass is 9.91. The molecule has 0 saturated carbocycles. The predicted molar refractivity (Wildman–Crippen MR) is 361 cm³/mol. The third-order valence-corrected chi connectivity index (χ3v) is 12.8. The number of carbonyl (C=O) groups is 7. The van der Waals surface area contributed by atoms with Gasteiger partial charge in [0.25, 0.3) is 0 Å². The van der Waals surface area contributed by atoms with Crippen LogP contribution in [0.25, 0.3) is 0 Å². The molecule has 0 fully saturated rings. The van der Waals surface area contributed by atoms with Gasteiger partial charge in [-0.2, -0.15) is 0 Å². The molecule has 3 N–H and O–H groups in total. The van der Waals surface area contributed by atoms with Gasteiger partial charge in [-0.25, -0.2) is 14.4 Å². The summed E-state index contributed by atoms with van der Waals surface area (Å²) in [6.45, 7) is 23.5. The first-order chi connectivity index (χ1) is 48.3. The van der Waals surface area contributed by atoms with E-state index in [-0.39, 0.29) is 105 Å². The summed E-state index contributed by atoms with van der Waals surface area (Å²) >= 11 is 0. The molecule has 0 saturated heterocycles. The average Bonchev–Trinajstić information content (AvgIpc) is 0.874. The molecule has 0 unspecified atom stereocenters. The molecule has 1 rings (SSSR count). The van der Waals surface area contributed by atoms with Crippen LogP contribution >= 0.6 is 0 Å². The van der Waals surface area contributed by atoms with Crippen LogP contribution in [0.3, 0.4) is 0 Å². The molecule has 32 nitrogen and oxygen atoms in total. The Morgan fingerprint density at radius 3 is 1.21 bits per heavy atom. The van der Waals surface area contributed by atoms with E-state index in [1.807, 2.05) is 37.3 Å². The van der Waals surface area contributed by atoms with Gasteiger partial charge in [0, 0.05) is 38.5 Å². The monoisotopic (exact) mass is 1440 g/mol. The number of esters is 1. The van der Waals surface area contributed by atoms with Crippen LogP contribution in [0.15, 0.2) is 30.3 Å². The van der Waals surface area contributed by atoms with Crippen LogP contribution < -0.4 is 16.0 Å². The average molecular weight is 1440 g/mol. The molecule has 0 bridgehead atoms. The first-order valence-electron chi connectivity index (χ1n) is 34.6. The predicted octanol–water partition coefficient (Wildman–Crippen LogP) is 4.99. The number of hydrogen-bond donors (Lipinski definition) is 3. The minimum absolute atomic E-state index is 0.0231. The largest absolute Gasteiger partial charge is 0.469 e. The van der Waals surface area contributed by atoms with Gasteiger partial charge in [-0.15, -0.1) is 0 Å². The molecule has 0 aliphatic carbocycles. The number of ether oxygens (including phenoxy) is 20. The number of ketones is 1. The van der Waals surface area contributed by atoms with Gasteiger partial charge in [0.2, 0.25) is 11.8 Å². The van der Waals surface area contributed by atoms with Gasteiger partial charge in [0.1, 0.15) is 24.4 Å². The second-order valence-electron chi connectivity index (χ2n) is 23.7. The number of benzene rings is 1. The van der Waals surface area contributed by atoms with Crippen molar-refractivity contribution in [2.75, 3.05) is 238 Å². The highest BCUT2D eigenvalue weighted by Crippen LogP contribution is 2.18. The lowest BCUT2D eigenvalue weighted by Gasteiger charge is -2.27. The Bertz CT molecular complexity index is 2150. The normalized spacial score (nSPS) is 12.2. The SMILES string of the molecule is CCCOCCOCCOCCOCCOCC(=O)N[C@@H](CCCCNC(=O)OCc1ccccc1)C(=O)C[C@@H](CCC(=O)OC)C(=O)NCCOCCOCCOCCOCCOCCOCCOCCOCCOCCOCCOCCON(C(=O)OC(C)(C)C)C(=O)OC(C)(C)C. The first kappa shape index (κ1) is 92.6. The maximum Gasteiger partial charge on any atom is 0.444 e. The smallest absolute Gasteiger partial charge is 0.444 e. The first-order valence-corrected chi connectivity index (χ1v) is 34.6. The van der Waals surface area contributed by atoms with Crippen LogP contribution in [0, 0.1) is 5.92 Å². The van der Waals surface area contributed by atoms with Crippen molar-refractivity contribution in [3.8, 4) is 0 Å². The molecule has 0 spiro atoms. The van der Waals surface area contributed by atoms with Crippen LogP contribution in [0.2, 0.25) is 0 Å². The van der Waals surface area contributed by atoms with Crippen molar-refractivity contribution in [3.05, 3.63) is 35.9 Å². The zero-order valence-electron chi connectivity index (χ0n) is 60.8. The number of hydroxylamine groups is 2. The molecule has 0 radical (unpaired) electrons. The number of Topliss-reactive ketones (excluding diaryl/α,β-unsaturated/α-hetero) is 1. The molecule has 0 heterocycles. The Hall–Kier alpha value is -5.37. The van der Waals surface area contributed by atoms with Crippen molar-refractivity contribution in [2.45, 2.75) is 117 Å². The van der Waals surface area contributed by atoms with E-state index in [4.69, 9.17) is 99.6 Å². The van der Waals surface area contributed by atoms with Crippen LogP contribution in [0.4, 0.5) is 14.4 Å². The summed E-state index contributed by atoms with van der Waals surface area (Å²) in [5.41, 5.74) is -0.838. The quantitative estimate of drug-likeness (QED) is 0.0334. The van der Waals surface area contributed by atoms with Crippen LogP contribution in [0.5, 0.6) is 0 Å². The Balaban J connectivity index is 2.17. The number of rotatable bonds is 68. The molecule has 1 aromatic carbocycles. The van der Waals surface area contributed by atoms with Crippen molar-refractivity contribution in [1.82, 2.24) is 21.0 Å². The topological polar surface area (TPSA) is 353 Å². The summed E-state index contributed by atoms with van der Waals surface area (Å²) in [4.78, 5) is 95.2. The molecule has 580 valence electrons. The molecule has 0 aliphatic rings. The molecular formula is C68H120N4O28. The van der Waals surface area contributed by atoms with Gasteiger partial charge in [-0.3, -0.25) is 24.0 Å². The summed E-state index contributed by atoms with van der Waals surface area (Å²) in [6.07, 6.45) is -0.873. The fraction of sp³-hybridized carbons (Fsp3) is 0.809. The number of carbonyl (C=O) groups excluding carboxylic acids is 7. The summed E-state index contributed by atoms with van der Waals surface area (Å²) in [5, 5.41) is 8.69. The van der Waals surface area contributed by atoms with Crippen LogP contribution in [-0.4, -0.2) is 302 Å². The molecule has 100 heavy (non-hydrogen) atoms. The molecule has 1 aromatic rings. The van der Waals surface area contributed by atoms with E-state index < -0.39 is 65.0 Å². The van der Waals surface area contributed by atoms with E-state index in [1.54, 1.807) is 41.5 Å². The van der Waals surface area contributed by atoms with Gasteiger partial charge in [-0.1, -0.05) is 42.3 Å². The van der Waals surface area contributed by atoms with Gasteiger partial charge < -0.3 is 111 Å². The number of imide groups is 1. The van der Waals surface area contributed by atoms with E-state index in [9.17, 15) is 33.6 Å². The Morgan fingerprint density at radius 2 is 0.820 bits per heavy atom. The van der Waals surface area contributed by atoms with Crippen molar-refractivity contribution in [1.29, 1.82) is 0 Å². The maximum absolute atomic E-state index is 13.9. The summed E-state index contributed by atoms with van der Waals surface area (Å²) in [6, 6.07) is 8.26. The lowest BCUT2D eigenvalue weighted by Crippen LogP contribution is -2.44. The number of nitrogens with zero attached hydrogens (tertiary/aromatic N) is 1. The van der Waals surface area contributed by atoms with E-state index in [0.29, 0.717) is 176 Å². The number of methoxy groups -OCH3 is 1. The molecule has 0 aliphatic heterocycles. The molecule has 5 amide bonds. The van der Waals surface area contributed by atoms with E-state index in [1.165, 1.54) is 7.11 Å². The van der Waals surface area contributed by atoms with E-state index in [0.717, 1.165) is 12.0 Å². The third-order valence-electron chi connectivity index (χ3n) is 12.8.